The quantitative estimate of drug-likeness (QED) is 0.812. The first-order valence-corrected chi connectivity index (χ1v) is 9.59. The summed E-state index contributed by atoms with van der Waals surface area (Å²) in [5, 5.41) is 4.11. The average molecular weight is 356 g/mol. The summed E-state index contributed by atoms with van der Waals surface area (Å²) in [6.07, 6.45) is 6.82. The number of pyridine rings is 1. The van der Waals surface area contributed by atoms with Gasteiger partial charge in [0, 0.05) is 29.3 Å². The fourth-order valence-corrected chi connectivity index (χ4v) is 3.40. The molecule has 0 spiro atoms. The molecule has 1 atom stereocenters. The standard InChI is InChI=1S/C20H28N4O2/c1-20(2,3)19-22-18(26-23-19)16-10-17(15(11-21-16)13-7-8-13)25-12-14-6-5-9-24(14)4/h10-11,13-14H,5-9,12H2,1-4H3/t14-/m0/s1. The molecule has 4 rings (SSSR count). The number of likely N-dealkylation sites (N-methyl/N-ethyl adjacent to an activating group) is 1. The highest BCUT2D eigenvalue weighted by Gasteiger charge is 2.30. The lowest BCUT2D eigenvalue weighted by Gasteiger charge is -2.20. The highest BCUT2D eigenvalue weighted by Crippen LogP contribution is 2.44. The van der Waals surface area contributed by atoms with Crippen LogP contribution in [0.5, 0.6) is 5.75 Å². The number of likely N-dealkylation sites (tertiary alicyclic amines) is 1. The molecule has 2 fully saturated rings. The summed E-state index contributed by atoms with van der Waals surface area (Å²) in [5.74, 6) is 2.66. The Morgan fingerprint density at radius 1 is 1.27 bits per heavy atom. The summed E-state index contributed by atoms with van der Waals surface area (Å²) in [6.45, 7) is 8.08. The van der Waals surface area contributed by atoms with Gasteiger partial charge < -0.3 is 14.2 Å². The first-order chi connectivity index (χ1) is 12.4. The molecule has 6 nitrogen and oxygen atoms in total. The Kier molecular flexibility index (Phi) is 4.47. The van der Waals surface area contributed by atoms with E-state index in [1.807, 2.05) is 12.3 Å². The Balaban J connectivity index is 1.57. The summed E-state index contributed by atoms with van der Waals surface area (Å²) >= 11 is 0. The van der Waals surface area contributed by atoms with Gasteiger partial charge in [-0.3, -0.25) is 4.98 Å². The van der Waals surface area contributed by atoms with Gasteiger partial charge in [-0.15, -0.1) is 0 Å². The molecule has 2 aromatic rings. The van der Waals surface area contributed by atoms with Gasteiger partial charge in [0.15, 0.2) is 5.82 Å². The van der Waals surface area contributed by atoms with Crippen molar-refractivity contribution in [3.63, 3.8) is 0 Å². The zero-order valence-corrected chi connectivity index (χ0v) is 16.2. The van der Waals surface area contributed by atoms with Gasteiger partial charge in [-0.25, -0.2) is 0 Å². The fourth-order valence-electron chi connectivity index (χ4n) is 3.40. The Morgan fingerprint density at radius 2 is 2.08 bits per heavy atom. The maximum atomic E-state index is 6.26. The van der Waals surface area contributed by atoms with E-state index >= 15 is 0 Å². The lowest BCUT2D eigenvalue weighted by Crippen LogP contribution is -2.30. The highest BCUT2D eigenvalue weighted by molar-refractivity contribution is 5.53. The van der Waals surface area contributed by atoms with E-state index in [1.165, 1.54) is 31.2 Å². The summed E-state index contributed by atoms with van der Waals surface area (Å²) in [7, 11) is 2.17. The third kappa shape index (κ3) is 3.61. The largest absolute Gasteiger partial charge is 0.492 e. The summed E-state index contributed by atoms with van der Waals surface area (Å²) in [6, 6.07) is 2.47. The van der Waals surface area contributed by atoms with Crippen LogP contribution < -0.4 is 4.74 Å². The van der Waals surface area contributed by atoms with Crippen LogP contribution in [-0.4, -0.2) is 46.3 Å². The molecule has 1 aliphatic heterocycles. The summed E-state index contributed by atoms with van der Waals surface area (Å²) in [5.41, 5.74) is 1.75. The van der Waals surface area contributed by atoms with E-state index in [9.17, 15) is 0 Å². The van der Waals surface area contributed by atoms with Gasteiger partial charge in [-0.1, -0.05) is 25.9 Å². The first-order valence-electron chi connectivity index (χ1n) is 9.59. The van der Waals surface area contributed by atoms with Crippen molar-refractivity contribution in [2.24, 2.45) is 0 Å². The SMILES string of the molecule is CN1CCC[C@H]1COc1cc(-c2nc(C(C)(C)C)no2)ncc1C1CC1. The number of rotatable bonds is 5. The van der Waals surface area contributed by atoms with Gasteiger partial charge in [0.1, 0.15) is 18.1 Å². The fraction of sp³-hybridized carbons (Fsp3) is 0.650. The Bertz CT molecular complexity index is 776. The Hall–Kier alpha value is -1.95. The lowest BCUT2D eigenvalue weighted by atomic mass is 9.96. The zero-order valence-electron chi connectivity index (χ0n) is 16.2. The van der Waals surface area contributed by atoms with Gasteiger partial charge in [0.25, 0.3) is 5.89 Å². The van der Waals surface area contributed by atoms with E-state index < -0.39 is 0 Å². The third-order valence-electron chi connectivity index (χ3n) is 5.33. The van der Waals surface area contributed by atoms with E-state index in [0.717, 1.165) is 18.9 Å². The molecule has 3 heterocycles. The van der Waals surface area contributed by atoms with Crippen molar-refractivity contribution in [1.82, 2.24) is 20.0 Å². The smallest absolute Gasteiger partial charge is 0.276 e. The molecule has 2 aromatic heterocycles. The van der Waals surface area contributed by atoms with Crippen molar-refractivity contribution in [2.75, 3.05) is 20.2 Å². The average Bonchev–Trinajstić information content (AvgIpc) is 3.15. The second kappa shape index (κ2) is 6.65. The minimum absolute atomic E-state index is 0.151. The van der Waals surface area contributed by atoms with Gasteiger partial charge >= 0.3 is 0 Å². The topological polar surface area (TPSA) is 64.3 Å². The maximum Gasteiger partial charge on any atom is 0.276 e. The first kappa shape index (κ1) is 17.5. The van der Waals surface area contributed by atoms with Crippen LogP contribution in [0.3, 0.4) is 0 Å². The number of hydrogen-bond donors (Lipinski definition) is 0. The predicted octanol–water partition coefficient (Wildman–Crippen LogP) is 3.78. The van der Waals surface area contributed by atoms with E-state index in [4.69, 9.17) is 9.26 Å². The molecule has 1 saturated heterocycles. The number of aromatic nitrogens is 3. The van der Waals surface area contributed by atoms with Crippen molar-refractivity contribution in [2.45, 2.75) is 63.8 Å². The minimum atomic E-state index is -0.151. The van der Waals surface area contributed by atoms with Crippen molar-refractivity contribution in [1.29, 1.82) is 0 Å². The molecule has 2 aliphatic rings. The lowest BCUT2D eigenvalue weighted by molar-refractivity contribution is 0.197. The highest BCUT2D eigenvalue weighted by atomic mass is 16.5. The minimum Gasteiger partial charge on any atom is -0.492 e. The molecule has 140 valence electrons. The van der Waals surface area contributed by atoms with Crippen LogP contribution in [-0.2, 0) is 5.41 Å². The van der Waals surface area contributed by atoms with E-state index in [-0.39, 0.29) is 5.41 Å². The molecule has 26 heavy (non-hydrogen) atoms. The normalized spacial score (nSPS) is 21.3. The molecule has 0 amide bonds. The molecule has 0 bridgehead atoms. The van der Waals surface area contributed by atoms with Crippen LogP contribution >= 0.6 is 0 Å². The number of nitrogens with zero attached hydrogens (tertiary/aromatic N) is 4. The second-order valence-electron chi connectivity index (χ2n) is 8.64. The van der Waals surface area contributed by atoms with Crippen LogP contribution in [0.25, 0.3) is 11.6 Å². The molecule has 1 saturated carbocycles. The zero-order chi connectivity index (χ0) is 18.3. The Labute approximate surface area is 154 Å². The van der Waals surface area contributed by atoms with E-state index in [0.29, 0.717) is 29.4 Å². The van der Waals surface area contributed by atoms with Gasteiger partial charge in [0.2, 0.25) is 0 Å². The maximum absolute atomic E-state index is 6.26. The van der Waals surface area contributed by atoms with Crippen LogP contribution in [0.1, 0.15) is 63.8 Å². The van der Waals surface area contributed by atoms with E-state index in [1.54, 1.807) is 0 Å². The molecule has 6 heteroatoms. The van der Waals surface area contributed by atoms with Crippen molar-refractivity contribution >= 4 is 0 Å². The van der Waals surface area contributed by atoms with Crippen molar-refractivity contribution in [3.05, 3.63) is 23.7 Å². The van der Waals surface area contributed by atoms with Gasteiger partial charge in [0.05, 0.1) is 0 Å². The van der Waals surface area contributed by atoms with Crippen LogP contribution in [0.2, 0.25) is 0 Å². The molecule has 0 unspecified atom stereocenters. The van der Waals surface area contributed by atoms with Crippen molar-refractivity contribution in [3.8, 4) is 17.3 Å². The summed E-state index contributed by atoms with van der Waals surface area (Å²) < 4.78 is 11.7. The number of ether oxygens (including phenoxy) is 1. The van der Waals surface area contributed by atoms with Gasteiger partial charge in [-0.05, 0) is 45.2 Å². The Morgan fingerprint density at radius 3 is 2.69 bits per heavy atom. The predicted molar refractivity (Wildman–Crippen MR) is 99.4 cm³/mol. The second-order valence-corrected chi connectivity index (χ2v) is 8.64. The molecule has 1 aliphatic carbocycles. The number of hydrogen-bond acceptors (Lipinski definition) is 6. The molecular formula is C20H28N4O2. The molecule has 0 radical (unpaired) electrons. The van der Waals surface area contributed by atoms with Crippen molar-refractivity contribution < 1.29 is 9.26 Å². The summed E-state index contributed by atoms with van der Waals surface area (Å²) in [4.78, 5) is 11.5. The van der Waals surface area contributed by atoms with Crippen LogP contribution in [0.4, 0.5) is 0 Å². The monoisotopic (exact) mass is 356 g/mol. The molecule has 0 aromatic carbocycles. The molecular weight excluding hydrogens is 328 g/mol. The van der Waals surface area contributed by atoms with E-state index in [2.05, 4.69) is 47.8 Å². The van der Waals surface area contributed by atoms with Crippen LogP contribution in [0, 0.1) is 0 Å². The molecule has 0 N–H and O–H groups in total. The third-order valence-corrected chi connectivity index (χ3v) is 5.33. The van der Waals surface area contributed by atoms with Crippen LogP contribution in [0.15, 0.2) is 16.8 Å². The van der Waals surface area contributed by atoms with Gasteiger partial charge in [-0.2, -0.15) is 4.98 Å².